The number of aliphatic hydroxyl groups is 2. The molecule has 2 atom stereocenters. The molecule has 2 rings (SSSR count). The van der Waals surface area contributed by atoms with Crippen LogP contribution in [-0.2, 0) is 10.0 Å². The SMILES string of the molecule is Cc1cc(C#N)ccc1S(=O)(=O)N1CC(O)C(O)C1. The topological polar surface area (TPSA) is 102 Å². The molecule has 6 nitrogen and oxygen atoms in total. The second kappa shape index (κ2) is 4.90. The van der Waals surface area contributed by atoms with Gasteiger partial charge in [-0.15, -0.1) is 0 Å². The number of benzene rings is 1. The van der Waals surface area contributed by atoms with Crippen LogP contribution in [0, 0.1) is 18.3 Å². The summed E-state index contributed by atoms with van der Waals surface area (Å²) in [7, 11) is -3.76. The van der Waals surface area contributed by atoms with Gasteiger partial charge >= 0.3 is 0 Å². The van der Waals surface area contributed by atoms with Gasteiger partial charge in [0, 0.05) is 13.1 Å². The van der Waals surface area contributed by atoms with Crippen LogP contribution >= 0.6 is 0 Å². The molecule has 0 radical (unpaired) electrons. The van der Waals surface area contributed by atoms with Crippen LogP contribution in [0.5, 0.6) is 0 Å². The molecule has 1 heterocycles. The number of hydrogen-bond donors (Lipinski definition) is 2. The third kappa shape index (κ3) is 2.48. The zero-order valence-electron chi connectivity index (χ0n) is 10.3. The van der Waals surface area contributed by atoms with E-state index in [1.165, 1.54) is 18.2 Å². The van der Waals surface area contributed by atoms with Crippen molar-refractivity contribution in [3.05, 3.63) is 29.3 Å². The first-order valence-electron chi connectivity index (χ1n) is 5.73. The van der Waals surface area contributed by atoms with Crippen LogP contribution in [0.3, 0.4) is 0 Å². The first-order chi connectivity index (χ1) is 8.86. The van der Waals surface area contributed by atoms with Crippen molar-refractivity contribution in [1.82, 2.24) is 4.31 Å². The number of sulfonamides is 1. The standard InChI is InChI=1S/C12H14N2O4S/c1-8-4-9(5-13)2-3-12(8)19(17,18)14-6-10(15)11(16)7-14/h2-4,10-11,15-16H,6-7H2,1H3. The Labute approximate surface area is 111 Å². The van der Waals surface area contributed by atoms with Crippen molar-refractivity contribution >= 4 is 10.0 Å². The first-order valence-corrected chi connectivity index (χ1v) is 7.17. The first kappa shape index (κ1) is 14.0. The maximum absolute atomic E-state index is 12.4. The van der Waals surface area contributed by atoms with E-state index < -0.39 is 22.2 Å². The van der Waals surface area contributed by atoms with Crippen molar-refractivity contribution < 1.29 is 18.6 Å². The minimum absolute atomic E-state index is 0.0906. The number of β-amino-alcohol motifs (C(OH)–C–C–N with tert-alkyl or cyclic N) is 2. The third-order valence-electron chi connectivity index (χ3n) is 3.15. The van der Waals surface area contributed by atoms with Gasteiger partial charge in [0.15, 0.2) is 0 Å². The van der Waals surface area contributed by atoms with E-state index in [0.29, 0.717) is 11.1 Å². The molecule has 19 heavy (non-hydrogen) atoms. The Kier molecular flexibility index (Phi) is 3.60. The van der Waals surface area contributed by atoms with Gasteiger partial charge < -0.3 is 10.2 Å². The fourth-order valence-corrected chi connectivity index (χ4v) is 3.76. The van der Waals surface area contributed by atoms with Gasteiger partial charge in [0.05, 0.1) is 28.7 Å². The lowest BCUT2D eigenvalue weighted by Crippen LogP contribution is -2.30. The fourth-order valence-electron chi connectivity index (χ4n) is 2.08. The molecule has 7 heteroatoms. The van der Waals surface area contributed by atoms with Gasteiger partial charge in [-0.1, -0.05) is 0 Å². The molecular weight excluding hydrogens is 268 g/mol. The summed E-state index contributed by atoms with van der Waals surface area (Å²) in [6.45, 7) is 1.36. The Balaban J connectivity index is 2.39. The molecule has 2 N–H and O–H groups in total. The minimum atomic E-state index is -3.76. The Morgan fingerprint density at radius 1 is 1.32 bits per heavy atom. The molecule has 0 amide bonds. The van der Waals surface area contributed by atoms with Crippen molar-refractivity contribution in [3.63, 3.8) is 0 Å². The molecule has 0 aliphatic carbocycles. The van der Waals surface area contributed by atoms with Crippen LogP contribution in [0.25, 0.3) is 0 Å². The average Bonchev–Trinajstić information content (AvgIpc) is 2.70. The van der Waals surface area contributed by atoms with Crippen LogP contribution in [-0.4, -0.2) is 48.2 Å². The molecule has 1 fully saturated rings. The van der Waals surface area contributed by atoms with E-state index in [9.17, 15) is 18.6 Å². The molecule has 2 unspecified atom stereocenters. The van der Waals surface area contributed by atoms with E-state index >= 15 is 0 Å². The monoisotopic (exact) mass is 282 g/mol. The maximum Gasteiger partial charge on any atom is 0.243 e. The van der Waals surface area contributed by atoms with E-state index in [1.54, 1.807) is 6.92 Å². The van der Waals surface area contributed by atoms with Gasteiger partial charge in [-0.05, 0) is 30.7 Å². The smallest absolute Gasteiger partial charge is 0.243 e. The molecule has 0 aromatic heterocycles. The van der Waals surface area contributed by atoms with Crippen molar-refractivity contribution in [2.45, 2.75) is 24.0 Å². The summed E-state index contributed by atoms with van der Waals surface area (Å²) in [4.78, 5) is 0.0906. The average molecular weight is 282 g/mol. The zero-order valence-corrected chi connectivity index (χ0v) is 11.1. The lowest BCUT2D eigenvalue weighted by Gasteiger charge is -2.17. The summed E-state index contributed by atoms with van der Waals surface area (Å²) in [5.74, 6) is 0. The normalized spacial score (nSPS) is 24.3. The van der Waals surface area contributed by atoms with E-state index in [4.69, 9.17) is 5.26 Å². The lowest BCUT2D eigenvalue weighted by molar-refractivity contribution is 0.0572. The Morgan fingerprint density at radius 2 is 1.89 bits per heavy atom. The van der Waals surface area contributed by atoms with Crippen molar-refractivity contribution in [2.75, 3.05) is 13.1 Å². The summed E-state index contributed by atoms with van der Waals surface area (Å²) in [6, 6.07) is 6.25. The van der Waals surface area contributed by atoms with Gasteiger partial charge in [-0.25, -0.2) is 8.42 Å². The van der Waals surface area contributed by atoms with E-state index in [-0.39, 0.29) is 18.0 Å². The van der Waals surface area contributed by atoms with E-state index in [1.807, 2.05) is 6.07 Å². The lowest BCUT2D eigenvalue weighted by atomic mass is 10.2. The van der Waals surface area contributed by atoms with Crippen molar-refractivity contribution in [2.24, 2.45) is 0 Å². The highest BCUT2D eigenvalue weighted by molar-refractivity contribution is 7.89. The molecule has 0 saturated carbocycles. The van der Waals surface area contributed by atoms with Crippen LogP contribution < -0.4 is 0 Å². The number of nitriles is 1. The number of aliphatic hydroxyl groups excluding tert-OH is 2. The third-order valence-corrected chi connectivity index (χ3v) is 5.14. The van der Waals surface area contributed by atoms with Gasteiger partial charge in [-0.3, -0.25) is 0 Å². The fraction of sp³-hybridized carbons (Fsp3) is 0.417. The van der Waals surface area contributed by atoms with Crippen LogP contribution in [0.2, 0.25) is 0 Å². The number of nitrogens with zero attached hydrogens (tertiary/aromatic N) is 2. The molecule has 0 spiro atoms. The summed E-state index contributed by atoms with van der Waals surface area (Å²) in [5.41, 5.74) is 0.855. The molecule has 102 valence electrons. The molecule has 1 aliphatic rings. The van der Waals surface area contributed by atoms with Gasteiger partial charge in [0.1, 0.15) is 0 Å². The zero-order chi connectivity index (χ0) is 14.2. The van der Waals surface area contributed by atoms with Crippen LogP contribution in [0.15, 0.2) is 23.1 Å². The molecule has 1 aliphatic heterocycles. The Bertz CT molecular complexity index is 626. The number of hydrogen-bond acceptors (Lipinski definition) is 5. The summed E-state index contributed by atoms with van der Waals surface area (Å²) in [6.07, 6.45) is -2.12. The van der Waals surface area contributed by atoms with Gasteiger partial charge in [-0.2, -0.15) is 9.57 Å². The van der Waals surface area contributed by atoms with E-state index in [0.717, 1.165) is 4.31 Å². The molecule has 1 aromatic carbocycles. The highest BCUT2D eigenvalue weighted by Gasteiger charge is 2.38. The maximum atomic E-state index is 12.4. The second-order valence-electron chi connectivity index (χ2n) is 4.55. The number of rotatable bonds is 2. The Morgan fingerprint density at radius 3 is 2.37 bits per heavy atom. The van der Waals surface area contributed by atoms with Gasteiger partial charge in [0.2, 0.25) is 10.0 Å². The van der Waals surface area contributed by atoms with Crippen LogP contribution in [0.4, 0.5) is 0 Å². The highest BCUT2D eigenvalue weighted by Crippen LogP contribution is 2.24. The summed E-state index contributed by atoms with van der Waals surface area (Å²) in [5, 5.41) is 27.6. The molecule has 1 saturated heterocycles. The van der Waals surface area contributed by atoms with Crippen molar-refractivity contribution in [1.29, 1.82) is 5.26 Å². The number of aryl methyl sites for hydroxylation is 1. The summed E-state index contributed by atoms with van der Waals surface area (Å²) >= 11 is 0. The van der Waals surface area contributed by atoms with Crippen molar-refractivity contribution in [3.8, 4) is 6.07 Å². The molecule has 1 aromatic rings. The largest absolute Gasteiger partial charge is 0.389 e. The quantitative estimate of drug-likeness (QED) is 0.768. The van der Waals surface area contributed by atoms with Crippen LogP contribution in [0.1, 0.15) is 11.1 Å². The second-order valence-corrected chi connectivity index (χ2v) is 6.46. The summed E-state index contributed by atoms with van der Waals surface area (Å²) < 4.78 is 25.8. The highest BCUT2D eigenvalue weighted by atomic mass is 32.2. The molecule has 0 bridgehead atoms. The predicted octanol–water partition coefficient (Wildman–Crippen LogP) is -0.407. The minimum Gasteiger partial charge on any atom is -0.389 e. The Hall–Kier alpha value is -1.46. The van der Waals surface area contributed by atoms with Gasteiger partial charge in [0.25, 0.3) is 0 Å². The molecular formula is C12H14N2O4S. The predicted molar refractivity (Wildman–Crippen MR) is 66.7 cm³/mol. The van der Waals surface area contributed by atoms with E-state index in [2.05, 4.69) is 0 Å².